The molecular formula is C9H19NOS. The first kappa shape index (κ1) is 10.4. The summed E-state index contributed by atoms with van der Waals surface area (Å²) in [5.74, 6) is 0.980. The minimum Gasteiger partial charge on any atom is -0.378 e. The first-order valence-corrected chi connectivity index (χ1v) is 5.24. The van der Waals surface area contributed by atoms with Crippen molar-refractivity contribution in [1.82, 2.24) is 4.90 Å². The monoisotopic (exact) mass is 189 g/mol. The highest BCUT2D eigenvalue weighted by Gasteiger charge is 2.29. The normalized spacial score (nSPS) is 24.2. The van der Waals surface area contributed by atoms with Gasteiger partial charge in [0.25, 0.3) is 0 Å². The van der Waals surface area contributed by atoms with E-state index < -0.39 is 0 Å². The van der Waals surface area contributed by atoms with Gasteiger partial charge in [-0.05, 0) is 32.6 Å². The van der Waals surface area contributed by atoms with Gasteiger partial charge in [-0.2, -0.15) is 12.6 Å². The van der Waals surface area contributed by atoms with Gasteiger partial charge in [-0.1, -0.05) is 0 Å². The van der Waals surface area contributed by atoms with Crippen molar-refractivity contribution >= 4 is 12.6 Å². The molecule has 1 aliphatic heterocycles. The van der Waals surface area contributed by atoms with E-state index in [9.17, 15) is 0 Å². The van der Waals surface area contributed by atoms with Gasteiger partial charge in [0.1, 0.15) is 0 Å². The van der Waals surface area contributed by atoms with E-state index in [2.05, 4.69) is 31.4 Å². The summed E-state index contributed by atoms with van der Waals surface area (Å²) in [5.41, 5.74) is 0.223. The van der Waals surface area contributed by atoms with Gasteiger partial charge in [-0.15, -0.1) is 0 Å². The molecular weight excluding hydrogens is 170 g/mol. The molecule has 12 heavy (non-hydrogen) atoms. The molecule has 1 saturated heterocycles. The van der Waals surface area contributed by atoms with Crippen molar-refractivity contribution in [3.05, 3.63) is 0 Å². The number of hydrogen-bond acceptors (Lipinski definition) is 3. The van der Waals surface area contributed by atoms with Crippen LogP contribution in [0.3, 0.4) is 0 Å². The zero-order valence-corrected chi connectivity index (χ0v) is 8.94. The predicted octanol–water partition coefficient (Wildman–Crippen LogP) is 1.42. The highest BCUT2D eigenvalue weighted by Crippen LogP contribution is 2.18. The van der Waals surface area contributed by atoms with Crippen LogP contribution in [0.4, 0.5) is 0 Å². The van der Waals surface area contributed by atoms with E-state index in [4.69, 9.17) is 4.74 Å². The molecule has 0 radical (unpaired) electrons. The average molecular weight is 189 g/mol. The SMILES string of the molecule is CC1(C)COCCN1CCCS. The highest BCUT2D eigenvalue weighted by molar-refractivity contribution is 7.80. The molecule has 0 aromatic rings. The summed E-state index contributed by atoms with van der Waals surface area (Å²) in [6.45, 7) is 8.45. The minimum atomic E-state index is 0.223. The fourth-order valence-corrected chi connectivity index (χ4v) is 1.71. The number of hydrogen-bond donors (Lipinski definition) is 1. The van der Waals surface area contributed by atoms with Gasteiger partial charge in [-0.3, -0.25) is 4.90 Å². The smallest absolute Gasteiger partial charge is 0.0645 e. The third-order valence-corrected chi connectivity index (χ3v) is 2.72. The summed E-state index contributed by atoms with van der Waals surface area (Å²) in [4.78, 5) is 2.49. The van der Waals surface area contributed by atoms with Crippen molar-refractivity contribution in [2.75, 3.05) is 32.1 Å². The molecule has 1 rings (SSSR count). The molecule has 0 saturated carbocycles. The molecule has 0 aliphatic carbocycles. The van der Waals surface area contributed by atoms with E-state index in [0.29, 0.717) is 0 Å². The first-order chi connectivity index (χ1) is 5.67. The van der Waals surface area contributed by atoms with E-state index in [-0.39, 0.29) is 5.54 Å². The van der Waals surface area contributed by atoms with E-state index in [1.165, 1.54) is 6.42 Å². The Labute approximate surface area is 80.7 Å². The molecule has 0 bridgehead atoms. The lowest BCUT2D eigenvalue weighted by atomic mass is 10.0. The van der Waals surface area contributed by atoms with Crippen LogP contribution in [0.5, 0.6) is 0 Å². The van der Waals surface area contributed by atoms with Crippen molar-refractivity contribution in [2.45, 2.75) is 25.8 Å². The largest absolute Gasteiger partial charge is 0.378 e. The third-order valence-electron chi connectivity index (χ3n) is 2.40. The molecule has 1 aliphatic rings. The van der Waals surface area contributed by atoms with Crippen molar-refractivity contribution in [3.8, 4) is 0 Å². The Morgan fingerprint density at radius 3 is 2.83 bits per heavy atom. The van der Waals surface area contributed by atoms with Crippen LogP contribution in [0.15, 0.2) is 0 Å². The van der Waals surface area contributed by atoms with Crippen molar-refractivity contribution in [1.29, 1.82) is 0 Å². The second-order valence-electron chi connectivity index (χ2n) is 3.93. The fourth-order valence-electron chi connectivity index (χ4n) is 1.57. The van der Waals surface area contributed by atoms with E-state index >= 15 is 0 Å². The standard InChI is InChI=1S/C9H19NOS/c1-9(2)8-11-6-5-10(9)4-3-7-12/h12H,3-8H2,1-2H3. The summed E-state index contributed by atoms with van der Waals surface area (Å²) in [6.07, 6.45) is 1.17. The van der Waals surface area contributed by atoms with Gasteiger partial charge in [-0.25, -0.2) is 0 Å². The lowest BCUT2D eigenvalue weighted by Gasteiger charge is -2.42. The van der Waals surface area contributed by atoms with Crippen molar-refractivity contribution in [2.24, 2.45) is 0 Å². The molecule has 0 aromatic heterocycles. The predicted molar refractivity (Wildman–Crippen MR) is 54.9 cm³/mol. The van der Waals surface area contributed by atoms with Crippen LogP contribution in [0, 0.1) is 0 Å². The van der Waals surface area contributed by atoms with Crippen LogP contribution in [-0.2, 0) is 4.74 Å². The molecule has 0 N–H and O–H groups in total. The third kappa shape index (κ3) is 2.64. The number of rotatable bonds is 3. The van der Waals surface area contributed by atoms with Gasteiger partial charge in [0, 0.05) is 12.1 Å². The number of thiol groups is 1. The molecule has 0 amide bonds. The van der Waals surface area contributed by atoms with Crippen LogP contribution < -0.4 is 0 Å². The van der Waals surface area contributed by atoms with Crippen molar-refractivity contribution in [3.63, 3.8) is 0 Å². The molecule has 0 atom stereocenters. The zero-order valence-electron chi connectivity index (χ0n) is 8.05. The maximum Gasteiger partial charge on any atom is 0.0645 e. The highest BCUT2D eigenvalue weighted by atomic mass is 32.1. The van der Waals surface area contributed by atoms with Crippen LogP contribution >= 0.6 is 12.6 Å². The van der Waals surface area contributed by atoms with Crippen LogP contribution in [0.2, 0.25) is 0 Å². The van der Waals surface area contributed by atoms with E-state index in [0.717, 1.165) is 32.1 Å². The van der Waals surface area contributed by atoms with Gasteiger partial charge >= 0.3 is 0 Å². The maximum atomic E-state index is 5.43. The Balaban J connectivity index is 2.37. The molecule has 0 spiro atoms. The van der Waals surface area contributed by atoms with E-state index in [1.807, 2.05) is 0 Å². The first-order valence-electron chi connectivity index (χ1n) is 4.60. The molecule has 2 nitrogen and oxygen atoms in total. The molecule has 1 fully saturated rings. The Morgan fingerprint density at radius 1 is 1.50 bits per heavy atom. The topological polar surface area (TPSA) is 12.5 Å². The summed E-state index contributed by atoms with van der Waals surface area (Å²) in [5, 5.41) is 0. The fraction of sp³-hybridized carbons (Fsp3) is 1.00. The second kappa shape index (κ2) is 4.49. The molecule has 1 heterocycles. The Kier molecular flexibility index (Phi) is 3.87. The molecule has 0 aromatic carbocycles. The lowest BCUT2D eigenvalue weighted by molar-refractivity contribution is -0.0504. The number of morpholine rings is 1. The van der Waals surface area contributed by atoms with Gasteiger partial charge < -0.3 is 4.74 Å². The molecule has 3 heteroatoms. The summed E-state index contributed by atoms with van der Waals surface area (Å²) < 4.78 is 5.43. The van der Waals surface area contributed by atoms with Crippen LogP contribution in [0.25, 0.3) is 0 Å². The summed E-state index contributed by atoms with van der Waals surface area (Å²) in [7, 11) is 0. The van der Waals surface area contributed by atoms with Gasteiger partial charge in [0.15, 0.2) is 0 Å². The number of ether oxygens (including phenoxy) is 1. The van der Waals surface area contributed by atoms with E-state index in [1.54, 1.807) is 0 Å². The Morgan fingerprint density at radius 2 is 2.25 bits per heavy atom. The van der Waals surface area contributed by atoms with Crippen molar-refractivity contribution < 1.29 is 4.74 Å². The number of nitrogens with zero attached hydrogens (tertiary/aromatic N) is 1. The maximum absolute atomic E-state index is 5.43. The Bertz CT molecular complexity index is 138. The second-order valence-corrected chi connectivity index (χ2v) is 4.38. The minimum absolute atomic E-state index is 0.223. The lowest BCUT2D eigenvalue weighted by Crippen LogP contribution is -2.53. The summed E-state index contributed by atoms with van der Waals surface area (Å²) in [6, 6.07) is 0. The van der Waals surface area contributed by atoms with Gasteiger partial charge in [0.2, 0.25) is 0 Å². The quantitative estimate of drug-likeness (QED) is 0.674. The van der Waals surface area contributed by atoms with Crippen LogP contribution in [0.1, 0.15) is 20.3 Å². The molecule has 72 valence electrons. The van der Waals surface area contributed by atoms with Gasteiger partial charge in [0.05, 0.1) is 13.2 Å². The summed E-state index contributed by atoms with van der Waals surface area (Å²) >= 11 is 4.22. The molecule has 0 unspecified atom stereocenters. The average Bonchev–Trinajstić information content (AvgIpc) is 2.02. The zero-order chi connectivity index (χ0) is 9.03. The van der Waals surface area contributed by atoms with Crippen LogP contribution in [-0.4, -0.2) is 42.5 Å². The Hall–Kier alpha value is 0.270.